The molecule has 3 aromatic carbocycles. The average Bonchev–Trinajstić information content (AvgIpc) is 3.08. The molecule has 0 aromatic heterocycles. The van der Waals surface area contributed by atoms with Crippen molar-refractivity contribution in [3.05, 3.63) is 29.8 Å². The summed E-state index contributed by atoms with van der Waals surface area (Å²) in [4.78, 5) is 11.7. The molecular formula is C17H13NO8. The van der Waals surface area contributed by atoms with Crippen LogP contribution in [0.3, 0.4) is 0 Å². The molecule has 0 unspecified atom stereocenters. The molecule has 4 rings (SSSR count). The SMILES string of the molecule is COc1ccc2c(cc(N(O)O)c3c(C(=O)O)cc4c(c32)OCO4)c1O. The lowest BCUT2D eigenvalue weighted by Gasteiger charge is -2.18. The van der Waals surface area contributed by atoms with Gasteiger partial charge in [-0.2, -0.15) is 0 Å². The Labute approximate surface area is 145 Å². The summed E-state index contributed by atoms with van der Waals surface area (Å²) in [6.45, 7) is -0.108. The highest BCUT2D eigenvalue weighted by molar-refractivity contribution is 6.23. The van der Waals surface area contributed by atoms with Crippen LogP contribution in [0.1, 0.15) is 10.4 Å². The van der Waals surface area contributed by atoms with E-state index in [2.05, 4.69) is 0 Å². The number of aromatic carboxylic acids is 1. The van der Waals surface area contributed by atoms with Crippen molar-refractivity contribution in [2.24, 2.45) is 0 Å². The summed E-state index contributed by atoms with van der Waals surface area (Å²) >= 11 is 0. The maximum atomic E-state index is 11.7. The van der Waals surface area contributed by atoms with Crippen molar-refractivity contribution in [2.45, 2.75) is 0 Å². The molecule has 0 atom stereocenters. The Hall–Kier alpha value is -3.43. The summed E-state index contributed by atoms with van der Waals surface area (Å²) in [7, 11) is 1.38. The highest BCUT2D eigenvalue weighted by Gasteiger charge is 2.28. The van der Waals surface area contributed by atoms with Crippen molar-refractivity contribution < 1.29 is 39.6 Å². The van der Waals surface area contributed by atoms with Crippen LogP contribution in [0.2, 0.25) is 0 Å². The third-order valence-corrected chi connectivity index (χ3v) is 4.32. The minimum absolute atomic E-state index is 0.0313. The van der Waals surface area contributed by atoms with Gasteiger partial charge in [-0.3, -0.25) is 10.4 Å². The maximum absolute atomic E-state index is 11.7. The van der Waals surface area contributed by atoms with Crippen LogP contribution < -0.4 is 19.4 Å². The van der Waals surface area contributed by atoms with Gasteiger partial charge >= 0.3 is 5.97 Å². The van der Waals surface area contributed by atoms with E-state index < -0.39 is 5.97 Å². The number of ether oxygens (including phenoxy) is 3. The first-order valence-electron chi connectivity index (χ1n) is 7.44. The van der Waals surface area contributed by atoms with Crippen molar-refractivity contribution in [2.75, 3.05) is 19.1 Å². The van der Waals surface area contributed by atoms with E-state index in [9.17, 15) is 25.4 Å². The monoisotopic (exact) mass is 359 g/mol. The Morgan fingerprint density at radius 2 is 1.92 bits per heavy atom. The number of hydrogen-bond donors (Lipinski definition) is 4. The quantitative estimate of drug-likeness (QED) is 0.412. The van der Waals surface area contributed by atoms with Gasteiger partial charge in [0, 0.05) is 16.2 Å². The van der Waals surface area contributed by atoms with Gasteiger partial charge in [0.15, 0.2) is 23.0 Å². The molecule has 134 valence electrons. The second-order valence-corrected chi connectivity index (χ2v) is 5.61. The maximum Gasteiger partial charge on any atom is 0.336 e. The summed E-state index contributed by atoms with van der Waals surface area (Å²) in [6.07, 6.45) is 0. The second kappa shape index (κ2) is 5.55. The molecule has 0 radical (unpaired) electrons. The van der Waals surface area contributed by atoms with Crippen LogP contribution >= 0.6 is 0 Å². The van der Waals surface area contributed by atoms with Gasteiger partial charge in [-0.25, -0.2) is 4.79 Å². The number of fused-ring (bicyclic) bond motifs is 5. The van der Waals surface area contributed by atoms with Gasteiger partial charge < -0.3 is 24.4 Å². The van der Waals surface area contributed by atoms with Crippen molar-refractivity contribution in [1.82, 2.24) is 0 Å². The molecule has 0 amide bonds. The van der Waals surface area contributed by atoms with Crippen LogP contribution in [0.5, 0.6) is 23.0 Å². The lowest BCUT2D eigenvalue weighted by molar-refractivity contribution is 0.0300. The van der Waals surface area contributed by atoms with Gasteiger partial charge in [-0.05, 0) is 29.7 Å². The Kier molecular flexibility index (Phi) is 3.43. The van der Waals surface area contributed by atoms with E-state index in [-0.39, 0.29) is 62.4 Å². The van der Waals surface area contributed by atoms with E-state index in [0.717, 1.165) is 0 Å². The van der Waals surface area contributed by atoms with Gasteiger partial charge in [0.2, 0.25) is 6.79 Å². The molecule has 26 heavy (non-hydrogen) atoms. The Morgan fingerprint density at radius 1 is 1.15 bits per heavy atom. The molecular weight excluding hydrogens is 346 g/mol. The predicted molar refractivity (Wildman–Crippen MR) is 88.8 cm³/mol. The molecule has 4 N–H and O–H groups in total. The molecule has 0 saturated heterocycles. The van der Waals surface area contributed by atoms with Crippen molar-refractivity contribution in [3.63, 3.8) is 0 Å². The van der Waals surface area contributed by atoms with Gasteiger partial charge in [0.1, 0.15) is 5.69 Å². The number of methoxy groups -OCH3 is 1. The van der Waals surface area contributed by atoms with Crippen LogP contribution in [0.25, 0.3) is 21.5 Å². The number of benzene rings is 3. The van der Waals surface area contributed by atoms with E-state index in [1.54, 1.807) is 6.07 Å². The zero-order chi connectivity index (χ0) is 18.6. The molecule has 0 saturated carbocycles. The topological polar surface area (TPSA) is 129 Å². The number of aromatic hydroxyl groups is 1. The summed E-state index contributed by atoms with van der Waals surface area (Å²) < 4.78 is 15.9. The van der Waals surface area contributed by atoms with Crippen LogP contribution in [-0.4, -0.2) is 40.5 Å². The molecule has 0 spiro atoms. The van der Waals surface area contributed by atoms with Gasteiger partial charge in [-0.1, -0.05) is 0 Å². The minimum Gasteiger partial charge on any atom is -0.504 e. The molecule has 9 nitrogen and oxygen atoms in total. The standard InChI is InChI=1S/C17H13NO8/c1-24-11-3-2-7-8(15(11)19)4-10(18(22)23)13-9(17(20)21)5-12-16(14(7)13)26-6-25-12/h2-5,19,22-23H,6H2,1H3,(H,20,21). The largest absolute Gasteiger partial charge is 0.504 e. The number of hydrogen-bond acceptors (Lipinski definition) is 8. The summed E-state index contributed by atoms with van der Waals surface area (Å²) in [5.74, 6) is -0.875. The van der Waals surface area contributed by atoms with Gasteiger partial charge in [0.25, 0.3) is 0 Å². The van der Waals surface area contributed by atoms with E-state index >= 15 is 0 Å². The summed E-state index contributed by atoms with van der Waals surface area (Å²) in [5.41, 5.74) is -0.448. The van der Waals surface area contributed by atoms with E-state index in [1.807, 2.05) is 0 Å². The van der Waals surface area contributed by atoms with Crippen LogP contribution in [-0.2, 0) is 0 Å². The third-order valence-electron chi connectivity index (χ3n) is 4.32. The number of rotatable bonds is 3. The molecule has 9 heteroatoms. The third kappa shape index (κ3) is 2.08. The van der Waals surface area contributed by atoms with E-state index in [4.69, 9.17) is 14.2 Å². The highest BCUT2D eigenvalue weighted by Crippen LogP contribution is 2.50. The fourth-order valence-corrected chi connectivity index (χ4v) is 3.22. The molecule has 1 heterocycles. The second-order valence-electron chi connectivity index (χ2n) is 5.61. The molecule has 0 aliphatic carbocycles. The van der Waals surface area contributed by atoms with Crippen LogP contribution in [0.15, 0.2) is 24.3 Å². The summed E-state index contributed by atoms with van der Waals surface area (Å²) in [6, 6.07) is 5.65. The van der Waals surface area contributed by atoms with E-state index in [0.29, 0.717) is 5.39 Å². The molecule has 1 aliphatic rings. The molecule has 1 aliphatic heterocycles. The first-order valence-corrected chi connectivity index (χ1v) is 7.44. The van der Waals surface area contributed by atoms with Crippen LogP contribution in [0, 0.1) is 0 Å². The Morgan fingerprint density at radius 3 is 2.58 bits per heavy atom. The number of anilines is 1. The summed E-state index contributed by atoms with van der Waals surface area (Å²) in [5, 5.41) is 40.1. The Bertz CT molecular complexity index is 1080. The first kappa shape index (κ1) is 16.1. The van der Waals surface area contributed by atoms with Gasteiger partial charge in [-0.15, -0.1) is 5.23 Å². The number of carboxylic acid groups (broad SMARTS) is 1. The molecule has 3 aromatic rings. The highest BCUT2D eigenvalue weighted by atomic mass is 16.8. The van der Waals surface area contributed by atoms with E-state index in [1.165, 1.54) is 25.3 Å². The number of carbonyl (C=O) groups is 1. The molecule has 0 fully saturated rings. The number of phenols is 1. The number of nitrogens with zero attached hydrogens (tertiary/aromatic N) is 1. The fourth-order valence-electron chi connectivity index (χ4n) is 3.22. The first-order chi connectivity index (χ1) is 12.4. The Balaban J connectivity index is 2.30. The number of carboxylic acids is 1. The fraction of sp³-hybridized carbons (Fsp3) is 0.118. The van der Waals surface area contributed by atoms with Crippen molar-refractivity contribution in [3.8, 4) is 23.0 Å². The van der Waals surface area contributed by atoms with Crippen LogP contribution in [0.4, 0.5) is 5.69 Å². The van der Waals surface area contributed by atoms with Crippen molar-refractivity contribution in [1.29, 1.82) is 0 Å². The minimum atomic E-state index is -1.28. The normalized spacial score (nSPS) is 12.6. The predicted octanol–water partition coefficient (Wildman–Crippen LogP) is 2.72. The van der Waals surface area contributed by atoms with Crippen molar-refractivity contribution >= 4 is 33.2 Å². The number of phenolic OH excluding ortho intramolecular Hbond substituents is 1. The van der Waals surface area contributed by atoms with Gasteiger partial charge in [0.05, 0.1) is 12.7 Å². The molecule has 0 bridgehead atoms. The lowest BCUT2D eigenvalue weighted by atomic mass is 9.94. The smallest absolute Gasteiger partial charge is 0.336 e. The average molecular weight is 359 g/mol. The lowest BCUT2D eigenvalue weighted by Crippen LogP contribution is -2.13. The zero-order valence-corrected chi connectivity index (χ0v) is 13.4. The zero-order valence-electron chi connectivity index (χ0n) is 13.4.